The van der Waals surface area contributed by atoms with E-state index >= 15 is 0 Å². The van der Waals surface area contributed by atoms with Gasteiger partial charge >= 0.3 is 6.03 Å². The molecule has 2 rings (SSSR count). The number of aryl methyl sites for hydroxylation is 1. The maximum Gasteiger partial charge on any atom is 0.321 e. The Bertz CT molecular complexity index is 788. The molecule has 26 heavy (non-hydrogen) atoms. The zero-order valence-electron chi connectivity index (χ0n) is 15.7. The number of thioether (sulfide) groups is 1. The summed E-state index contributed by atoms with van der Waals surface area (Å²) in [5, 5.41) is 13.7. The van der Waals surface area contributed by atoms with Gasteiger partial charge in [0.2, 0.25) is 5.91 Å². The Labute approximate surface area is 158 Å². The van der Waals surface area contributed by atoms with E-state index in [1.54, 1.807) is 6.92 Å². The number of hydrogen-bond acceptors (Lipinski definition) is 5. The van der Waals surface area contributed by atoms with Crippen molar-refractivity contribution in [2.45, 2.75) is 57.6 Å². The molecule has 0 fully saturated rings. The molecule has 0 bridgehead atoms. The molecule has 0 saturated carbocycles. The Morgan fingerprint density at radius 1 is 1.19 bits per heavy atom. The SMILES string of the molecule is CCn1c(S[C@H](C)C(=O)NC(=O)NC(C)C)nnc1-c1ccccc1C. The van der Waals surface area contributed by atoms with E-state index in [9.17, 15) is 9.59 Å². The number of urea groups is 1. The Balaban J connectivity index is 2.14. The lowest BCUT2D eigenvalue weighted by Crippen LogP contribution is -2.45. The molecule has 0 aliphatic carbocycles. The first-order chi connectivity index (χ1) is 12.3. The van der Waals surface area contributed by atoms with E-state index in [4.69, 9.17) is 0 Å². The molecule has 1 atom stereocenters. The van der Waals surface area contributed by atoms with Gasteiger partial charge in [0.05, 0.1) is 5.25 Å². The maximum absolute atomic E-state index is 12.2. The second-order valence-electron chi connectivity index (χ2n) is 6.24. The van der Waals surface area contributed by atoms with Crippen LogP contribution in [0.15, 0.2) is 29.4 Å². The topological polar surface area (TPSA) is 88.9 Å². The van der Waals surface area contributed by atoms with Crippen LogP contribution in [0.2, 0.25) is 0 Å². The number of rotatable bonds is 6. The van der Waals surface area contributed by atoms with Crippen molar-refractivity contribution in [1.82, 2.24) is 25.4 Å². The van der Waals surface area contributed by atoms with Gasteiger partial charge in [-0.2, -0.15) is 0 Å². The zero-order valence-corrected chi connectivity index (χ0v) is 16.6. The lowest BCUT2D eigenvalue weighted by molar-refractivity contribution is -0.119. The quantitative estimate of drug-likeness (QED) is 0.758. The van der Waals surface area contributed by atoms with E-state index in [1.807, 2.05) is 56.5 Å². The predicted molar refractivity (Wildman–Crippen MR) is 103 cm³/mol. The number of aromatic nitrogens is 3. The molecule has 3 amide bonds. The van der Waals surface area contributed by atoms with Gasteiger partial charge in [-0.15, -0.1) is 10.2 Å². The third-order valence-corrected chi connectivity index (χ3v) is 4.81. The molecule has 140 valence electrons. The van der Waals surface area contributed by atoms with Crippen LogP contribution in [-0.2, 0) is 11.3 Å². The van der Waals surface area contributed by atoms with Crippen LogP contribution >= 0.6 is 11.8 Å². The molecule has 0 radical (unpaired) electrons. The second kappa shape index (κ2) is 8.84. The van der Waals surface area contributed by atoms with Gasteiger partial charge < -0.3 is 9.88 Å². The first kappa shape index (κ1) is 20.0. The third-order valence-electron chi connectivity index (χ3n) is 3.73. The summed E-state index contributed by atoms with van der Waals surface area (Å²) in [5.74, 6) is 0.412. The number of carbonyl (C=O) groups excluding carboxylic acids is 2. The minimum Gasteiger partial charge on any atom is -0.336 e. The van der Waals surface area contributed by atoms with Crippen molar-refractivity contribution in [1.29, 1.82) is 0 Å². The molecule has 0 saturated heterocycles. The summed E-state index contributed by atoms with van der Waals surface area (Å²) in [4.78, 5) is 23.9. The zero-order chi connectivity index (χ0) is 19.3. The number of carbonyl (C=O) groups is 2. The smallest absolute Gasteiger partial charge is 0.321 e. The second-order valence-corrected chi connectivity index (χ2v) is 7.55. The van der Waals surface area contributed by atoms with Crippen LogP contribution in [0, 0.1) is 6.92 Å². The number of nitrogens with zero attached hydrogens (tertiary/aromatic N) is 3. The summed E-state index contributed by atoms with van der Waals surface area (Å²) in [6.07, 6.45) is 0. The van der Waals surface area contributed by atoms with E-state index in [1.165, 1.54) is 11.8 Å². The van der Waals surface area contributed by atoms with Gasteiger partial charge in [-0.05, 0) is 40.2 Å². The van der Waals surface area contributed by atoms with Crippen molar-refractivity contribution in [3.63, 3.8) is 0 Å². The Morgan fingerprint density at radius 2 is 1.88 bits per heavy atom. The molecule has 7 nitrogen and oxygen atoms in total. The molecule has 2 aromatic rings. The fraction of sp³-hybridized carbons (Fsp3) is 0.444. The van der Waals surface area contributed by atoms with Gasteiger partial charge in [0.1, 0.15) is 0 Å². The number of amides is 3. The first-order valence-corrected chi connectivity index (χ1v) is 9.48. The van der Waals surface area contributed by atoms with Crippen LogP contribution in [0.4, 0.5) is 4.79 Å². The molecule has 8 heteroatoms. The molecule has 1 aromatic heterocycles. The number of imide groups is 1. The van der Waals surface area contributed by atoms with Crippen LogP contribution in [0.25, 0.3) is 11.4 Å². The molecular formula is C18H25N5O2S. The highest BCUT2D eigenvalue weighted by atomic mass is 32.2. The van der Waals surface area contributed by atoms with E-state index in [-0.39, 0.29) is 11.9 Å². The van der Waals surface area contributed by atoms with Gasteiger partial charge in [0.25, 0.3) is 0 Å². The van der Waals surface area contributed by atoms with Crippen molar-refractivity contribution in [2.75, 3.05) is 0 Å². The summed E-state index contributed by atoms with van der Waals surface area (Å²) in [7, 11) is 0. The number of nitrogens with one attached hydrogen (secondary N) is 2. The Morgan fingerprint density at radius 3 is 2.50 bits per heavy atom. The average Bonchev–Trinajstić information content (AvgIpc) is 2.96. The van der Waals surface area contributed by atoms with Crippen molar-refractivity contribution in [2.24, 2.45) is 0 Å². The number of benzene rings is 1. The minimum absolute atomic E-state index is 0.0365. The van der Waals surface area contributed by atoms with Crippen molar-refractivity contribution >= 4 is 23.7 Å². The summed E-state index contributed by atoms with van der Waals surface area (Å²) < 4.78 is 1.98. The van der Waals surface area contributed by atoms with Gasteiger partial charge in [-0.3, -0.25) is 10.1 Å². The Hall–Kier alpha value is -2.35. The normalized spacial score (nSPS) is 12.1. The highest BCUT2D eigenvalue weighted by Crippen LogP contribution is 2.28. The highest BCUT2D eigenvalue weighted by molar-refractivity contribution is 8.00. The largest absolute Gasteiger partial charge is 0.336 e. The lowest BCUT2D eigenvalue weighted by atomic mass is 10.1. The molecule has 1 aromatic carbocycles. The monoisotopic (exact) mass is 375 g/mol. The van der Waals surface area contributed by atoms with E-state index in [0.717, 1.165) is 17.0 Å². The van der Waals surface area contributed by atoms with E-state index in [2.05, 4.69) is 20.8 Å². The van der Waals surface area contributed by atoms with Crippen molar-refractivity contribution < 1.29 is 9.59 Å². The van der Waals surface area contributed by atoms with Crippen molar-refractivity contribution in [3.8, 4) is 11.4 Å². The van der Waals surface area contributed by atoms with Crippen LogP contribution in [0.5, 0.6) is 0 Å². The summed E-state index contributed by atoms with van der Waals surface area (Å²) in [5.41, 5.74) is 2.13. The molecule has 2 N–H and O–H groups in total. The van der Waals surface area contributed by atoms with E-state index < -0.39 is 11.3 Å². The molecular weight excluding hydrogens is 350 g/mol. The summed E-state index contributed by atoms with van der Waals surface area (Å²) >= 11 is 1.28. The molecule has 0 aliphatic rings. The van der Waals surface area contributed by atoms with E-state index in [0.29, 0.717) is 11.7 Å². The van der Waals surface area contributed by atoms with Crippen LogP contribution in [0.1, 0.15) is 33.3 Å². The fourth-order valence-corrected chi connectivity index (χ4v) is 3.32. The van der Waals surface area contributed by atoms with Gasteiger partial charge in [0, 0.05) is 18.2 Å². The molecule has 0 unspecified atom stereocenters. The molecule has 0 aliphatic heterocycles. The van der Waals surface area contributed by atoms with Gasteiger partial charge in [-0.1, -0.05) is 36.0 Å². The van der Waals surface area contributed by atoms with Gasteiger partial charge in [0.15, 0.2) is 11.0 Å². The molecule has 1 heterocycles. The first-order valence-electron chi connectivity index (χ1n) is 8.60. The minimum atomic E-state index is -0.491. The fourth-order valence-electron chi connectivity index (χ4n) is 2.41. The van der Waals surface area contributed by atoms with Crippen LogP contribution in [-0.4, -0.2) is 38.0 Å². The summed E-state index contributed by atoms with van der Waals surface area (Å²) in [6, 6.07) is 7.45. The Kier molecular flexibility index (Phi) is 6.79. The van der Waals surface area contributed by atoms with Crippen LogP contribution < -0.4 is 10.6 Å². The lowest BCUT2D eigenvalue weighted by Gasteiger charge is -2.14. The average molecular weight is 375 g/mol. The molecule has 0 spiro atoms. The summed E-state index contributed by atoms with van der Waals surface area (Å²) in [6.45, 7) is 10.1. The van der Waals surface area contributed by atoms with Gasteiger partial charge in [-0.25, -0.2) is 4.79 Å². The number of hydrogen-bond donors (Lipinski definition) is 2. The maximum atomic E-state index is 12.2. The van der Waals surface area contributed by atoms with Crippen molar-refractivity contribution in [3.05, 3.63) is 29.8 Å². The standard InChI is InChI=1S/C18H25N5O2S/c1-6-23-15(14-10-8-7-9-12(14)4)21-22-18(23)26-13(5)16(24)20-17(25)19-11(2)3/h7-11,13H,6H2,1-5H3,(H2,19,20,24,25)/t13-/m1/s1. The van der Waals surface area contributed by atoms with Crippen LogP contribution in [0.3, 0.4) is 0 Å². The third kappa shape index (κ3) is 4.85. The highest BCUT2D eigenvalue weighted by Gasteiger charge is 2.22. The predicted octanol–water partition coefficient (Wildman–Crippen LogP) is 2.99.